The molecule has 27 heavy (non-hydrogen) atoms. The van der Waals surface area contributed by atoms with E-state index in [4.69, 9.17) is 0 Å². The normalized spacial score (nSPS) is 26.0. The first kappa shape index (κ1) is 18.1. The summed E-state index contributed by atoms with van der Waals surface area (Å²) >= 11 is 1.77. The van der Waals surface area contributed by atoms with Crippen molar-refractivity contribution < 1.29 is 4.79 Å². The fourth-order valence-electron chi connectivity index (χ4n) is 5.72. The van der Waals surface area contributed by atoms with Crippen LogP contribution < -0.4 is 0 Å². The van der Waals surface area contributed by atoms with Gasteiger partial charge in [-0.2, -0.15) is 0 Å². The van der Waals surface area contributed by atoms with Crippen molar-refractivity contribution in [2.75, 3.05) is 26.2 Å². The minimum atomic E-state index is 0.283. The van der Waals surface area contributed by atoms with Crippen LogP contribution in [-0.4, -0.2) is 58.9 Å². The van der Waals surface area contributed by atoms with Crippen LogP contribution in [0, 0.1) is 0 Å². The van der Waals surface area contributed by atoms with E-state index in [1.54, 1.807) is 11.3 Å². The number of thiophene rings is 1. The highest BCUT2D eigenvalue weighted by atomic mass is 32.1. The predicted molar refractivity (Wildman–Crippen MR) is 110 cm³/mol. The lowest BCUT2D eigenvalue weighted by atomic mass is 9.94. The second-order valence-electron chi connectivity index (χ2n) is 9.02. The number of piperazine rings is 1. The van der Waals surface area contributed by atoms with Gasteiger partial charge in [0, 0.05) is 56.2 Å². The Morgan fingerprint density at radius 1 is 0.815 bits per heavy atom. The SMILES string of the molecule is O=C(c1cc2c(s1)CN(C1CCCC1)C2)N1CCN(C2CCCCC2)CC1. The average Bonchev–Trinajstić information content (AvgIpc) is 3.44. The lowest BCUT2D eigenvalue weighted by Crippen LogP contribution is -2.52. The highest BCUT2D eigenvalue weighted by molar-refractivity contribution is 7.14. The number of hydrogen-bond donors (Lipinski definition) is 0. The van der Waals surface area contributed by atoms with E-state index < -0.39 is 0 Å². The molecule has 4 nitrogen and oxygen atoms in total. The van der Waals surface area contributed by atoms with Gasteiger partial charge in [-0.1, -0.05) is 32.1 Å². The lowest BCUT2D eigenvalue weighted by molar-refractivity contribution is 0.0527. The summed E-state index contributed by atoms with van der Waals surface area (Å²) in [7, 11) is 0. The largest absolute Gasteiger partial charge is 0.335 e. The van der Waals surface area contributed by atoms with Crippen LogP contribution in [0.15, 0.2) is 6.07 Å². The molecule has 5 rings (SSSR count). The fraction of sp³-hybridized carbons (Fsp3) is 0.773. The molecule has 0 radical (unpaired) electrons. The Balaban J connectivity index is 1.16. The Morgan fingerprint density at radius 3 is 2.11 bits per heavy atom. The van der Waals surface area contributed by atoms with E-state index in [1.807, 2.05) is 0 Å². The van der Waals surface area contributed by atoms with Gasteiger partial charge >= 0.3 is 0 Å². The van der Waals surface area contributed by atoms with Crippen molar-refractivity contribution in [3.8, 4) is 0 Å². The molecule has 1 amide bonds. The second-order valence-corrected chi connectivity index (χ2v) is 10.2. The van der Waals surface area contributed by atoms with Gasteiger partial charge < -0.3 is 4.90 Å². The maximum absolute atomic E-state index is 13.0. The van der Waals surface area contributed by atoms with Crippen molar-refractivity contribution in [1.29, 1.82) is 0 Å². The summed E-state index contributed by atoms with van der Waals surface area (Å²) in [5.74, 6) is 0.283. The summed E-state index contributed by atoms with van der Waals surface area (Å²) in [6.45, 7) is 6.10. The summed E-state index contributed by atoms with van der Waals surface area (Å²) in [4.78, 5) is 22.9. The minimum absolute atomic E-state index is 0.283. The van der Waals surface area contributed by atoms with Crippen molar-refractivity contribution >= 4 is 17.2 Å². The molecule has 2 saturated carbocycles. The molecule has 1 aromatic heterocycles. The maximum atomic E-state index is 13.0. The number of fused-ring (bicyclic) bond motifs is 1. The monoisotopic (exact) mass is 387 g/mol. The van der Waals surface area contributed by atoms with Gasteiger partial charge in [0.25, 0.3) is 5.91 Å². The van der Waals surface area contributed by atoms with Gasteiger partial charge in [-0.25, -0.2) is 0 Å². The van der Waals surface area contributed by atoms with Crippen LogP contribution in [0.2, 0.25) is 0 Å². The van der Waals surface area contributed by atoms with E-state index >= 15 is 0 Å². The average molecular weight is 388 g/mol. The minimum Gasteiger partial charge on any atom is -0.335 e. The molecule has 1 saturated heterocycles. The highest BCUT2D eigenvalue weighted by Gasteiger charge is 2.32. The quantitative estimate of drug-likeness (QED) is 0.781. The molecule has 3 fully saturated rings. The molecule has 2 aliphatic heterocycles. The van der Waals surface area contributed by atoms with Gasteiger partial charge in [0.05, 0.1) is 4.88 Å². The first-order chi connectivity index (χ1) is 13.3. The first-order valence-corrected chi connectivity index (χ1v) is 12.0. The van der Waals surface area contributed by atoms with Crippen LogP contribution in [0.4, 0.5) is 0 Å². The maximum Gasteiger partial charge on any atom is 0.264 e. The van der Waals surface area contributed by atoms with Crippen LogP contribution in [-0.2, 0) is 13.1 Å². The third-order valence-electron chi connectivity index (χ3n) is 7.36. The molecule has 2 aliphatic carbocycles. The topological polar surface area (TPSA) is 26.8 Å². The number of nitrogens with zero attached hydrogens (tertiary/aromatic N) is 3. The van der Waals surface area contributed by atoms with Crippen molar-refractivity contribution in [3.05, 3.63) is 21.4 Å². The van der Waals surface area contributed by atoms with Gasteiger partial charge in [-0.3, -0.25) is 14.6 Å². The molecule has 0 spiro atoms. The molecular formula is C22H33N3OS. The zero-order chi connectivity index (χ0) is 18.2. The summed E-state index contributed by atoms with van der Waals surface area (Å²) in [5.41, 5.74) is 1.43. The second kappa shape index (κ2) is 7.84. The summed E-state index contributed by atoms with van der Waals surface area (Å²) < 4.78 is 0. The molecule has 1 aromatic rings. The Morgan fingerprint density at radius 2 is 1.44 bits per heavy atom. The number of rotatable bonds is 3. The van der Waals surface area contributed by atoms with E-state index in [0.29, 0.717) is 0 Å². The van der Waals surface area contributed by atoms with Crippen molar-refractivity contribution in [3.63, 3.8) is 0 Å². The molecule has 0 bridgehead atoms. The van der Waals surface area contributed by atoms with Gasteiger partial charge in [0.1, 0.15) is 0 Å². The zero-order valence-corrected chi connectivity index (χ0v) is 17.3. The Hall–Kier alpha value is -0.910. The summed E-state index contributed by atoms with van der Waals surface area (Å²) in [6, 6.07) is 3.78. The fourth-order valence-corrected chi connectivity index (χ4v) is 6.89. The first-order valence-electron chi connectivity index (χ1n) is 11.2. The Kier molecular flexibility index (Phi) is 5.27. The molecule has 4 aliphatic rings. The zero-order valence-electron chi connectivity index (χ0n) is 16.5. The molecule has 0 N–H and O–H groups in total. The third-order valence-corrected chi connectivity index (χ3v) is 8.51. The molecule has 3 heterocycles. The van der Waals surface area contributed by atoms with Gasteiger partial charge in [-0.05, 0) is 37.3 Å². The standard InChI is InChI=1S/C22H33N3OS/c26-22(24-12-10-23(11-13-24)18-6-2-1-3-7-18)20-14-17-15-25(16-21(17)27-20)19-8-4-5-9-19/h14,18-19H,1-13,15-16H2. The van der Waals surface area contributed by atoms with Crippen molar-refractivity contribution in [2.45, 2.75) is 83.0 Å². The van der Waals surface area contributed by atoms with Gasteiger partial charge in [0.15, 0.2) is 0 Å². The van der Waals surface area contributed by atoms with E-state index in [-0.39, 0.29) is 5.91 Å². The number of carbonyl (C=O) groups excluding carboxylic acids is 1. The van der Waals surface area contributed by atoms with Crippen LogP contribution in [0.1, 0.15) is 77.9 Å². The highest BCUT2D eigenvalue weighted by Crippen LogP contribution is 2.36. The summed E-state index contributed by atoms with van der Waals surface area (Å²) in [5, 5.41) is 0. The van der Waals surface area contributed by atoms with Gasteiger partial charge in [0.2, 0.25) is 0 Å². The predicted octanol–water partition coefficient (Wildman–Crippen LogP) is 4.10. The van der Waals surface area contributed by atoms with E-state index in [0.717, 1.165) is 56.2 Å². The van der Waals surface area contributed by atoms with E-state index in [1.165, 1.54) is 68.2 Å². The number of hydrogen-bond acceptors (Lipinski definition) is 4. The van der Waals surface area contributed by atoms with Gasteiger partial charge in [-0.15, -0.1) is 11.3 Å². The third kappa shape index (κ3) is 3.70. The van der Waals surface area contributed by atoms with Crippen LogP contribution in [0.25, 0.3) is 0 Å². The lowest BCUT2D eigenvalue weighted by Gasteiger charge is -2.40. The Bertz CT molecular complexity index is 644. The van der Waals surface area contributed by atoms with Crippen molar-refractivity contribution in [2.24, 2.45) is 0 Å². The van der Waals surface area contributed by atoms with Crippen LogP contribution >= 0.6 is 11.3 Å². The van der Waals surface area contributed by atoms with Crippen LogP contribution in [0.5, 0.6) is 0 Å². The molecule has 0 atom stereocenters. The number of carbonyl (C=O) groups is 1. The van der Waals surface area contributed by atoms with E-state index in [2.05, 4.69) is 20.8 Å². The van der Waals surface area contributed by atoms with E-state index in [9.17, 15) is 4.79 Å². The molecule has 148 valence electrons. The molecule has 0 unspecified atom stereocenters. The Labute approximate surface area is 167 Å². The van der Waals surface area contributed by atoms with Crippen molar-refractivity contribution in [1.82, 2.24) is 14.7 Å². The smallest absolute Gasteiger partial charge is 0.264 e. The molecule has 0 aromatic carbocycles. The molecular weight excluding hydrogens is 354 g/mol. The molecule has 5 heteroatoms. The van der Waals surface area contributed by atoms with Crippen LogP contribution in [0.3, 0.4) is 0 Å². The summed E-state index contributed by atoms with van der Waals surface area (Å²) in [6.07, 6.45) is 12.4. The number of amides is 1.